The molecule has 0 atom stereocenters. The van der Waals surface area contributed by atoms with Gasteiger partial charge in [0.15, 0.2) is 0 Å². The maximum absolute atomic E-state index is 6.07. The quantitative estimate of drug-likeness (QED) is 0.367. The summed E-state index contributed by atoms with van der Waals surface area (Å²) in [5.41, 5.74) is 4.18. The number of fused-ring (bicyclic) bond motifs is 1. The van der Waals surface area contributed by atoms with Crippen molar-refractivity contribution in [3.8, 4) is 22.6 Å². The van der Waals surface area contributed by atoms with E-state index in [1.54, 1.807) is 7.11 Å². The van der Waals surface area contributed by atoms with Crippen molar-refractivity contribution in [3.63, 3.8) is 0 Å². The van der Waals surface area contributed by atoms with Crippen LogP contribution < -0.4 is 14.8 Å². The maximum atomic E-state index is 6.07. The molecule has 0 saturated heterocycles. The molecule has 0 N–H and O–H groups in total. The number of hydrogen-bond acceptors (Lipinski definition) is 4. The fourth-order valence-corrected chi connectivity index (χ4v) is 3.83. The van der Waals surface area contributed by atoms with Crippen molar-refractivity contribution >= 4 is 16.5 Å². The van der Waals surface area contributed by atoms with Gasteiger partial charge in [0.25, 0.3) is 0 Å². The highest BCUT2D eigenvalue weighted by Gasteiger charge is 2.15. The molecule has 4 nitrogen and oxygen atoms in total. The minimum atomic E-state index is 0.565. The number of aryl methyl sites for hydroxylation is 3. The Labute approximate surface area is 182 Å². The topological polar surface area (TPSA) is 44.0 Å². The number of nitrogens with zero attached hydrogens (tertiary/aromatic N) is 1. The fourth-order valence-electron chi connectivity index (χ4n) is 3.83. The predicted octanol–water partition coefficient (Wildman–Crippen LogP) is 6.66. The highest BCUT2D eigenvalue weighted by atomic mass is 16.5. The molecule has 0 fully saturated rings. The second-order valence-corrected chi connectivity index (χ2v) is 7.57. The summed E-state index contributed by atoms with van der Waals surface area (Å²) >= 11 is 0. The van der Waals surface area contributed by atoms with Crippen LogP contribution in [0.2, 0.25) is 0 Å². The molecule has 4 heteroatoms. The number of benzene rings is 2. The summed E-state index contributed by atoms with van der Waals surface area (Å²) in [6.07, 6.45) is 0. The van der Waals surface area contributed by atoms with E-state index < -0.39 is 0 Å². The molecule has 1 heterocycles. The van der Waals surface area contributed by atoms with Crippen LogP contribution in [-0.4, -0.2) is 13.7 Å². The van der Waals surface area contributed by atoms with Crippen LogP contribution in [0, 0.1) is 20.8 Å². The molecule has 0 spiro atoms. The number of furan rings is 1. The third kappa shape index (κ3) is 4.19. The van der Waals surface area contributed by atoms with Gasteiger partial charge in [0.05, 0.1) is 35.5 Å². The Morgan fingerprint density at radius 1 is 0.806 bits per heavy atom. The van der Waals surface area contributed by atoms with Gasteiger partial charge in [-0.3, -0.25) is 0 Å². The molecule has 0 saturated carbocycles. The van der Waals surface area contributed by atoms with Crippen LogP contribution in [0.25, 0.3) is 21.9 Å². The summed E-state index contributed by atoms with van der Waals surface area (Å²) in [5.74, 6) is 3.27. The second kappa shape index (κ2) is 8.68. The largest absolute Gasteiger partial charge is 0.497 e. The molecule has 0 unspecified atom stereocenters. The van der Waals surface area contributed by atoms with Gasteiger partial charge in [-0.15, -0.1) is 0 Å². The van der Waals surface area contributed by atoms with Crippen LogP contribution in [0.5, 0.6) is 11.5 Å². The summed E-state index contributed by atoms with van der Waals surface area (Å²) in [7, 11) is 1.67. The van der Waals surface area contributed by atoms with Crippen molar-refractivity contribution in [2.45, 2.75) is 27.7 Å². The van der Waals surface area contributed by atoms with Gasteiger partial charge in [-0.1, -0.05) is 29.8 Å². The van der Waals surface area contributed by atoms with Crippen LogP contribution in [-0.2, 0) is 0 Å². The minimum Gasteiger partial charge on any atom is -0.497 e. The van der Waals surface area contributed by atoms with Crippen LogP contribution in [0.4, 0.5) is 5.69 Å². The standard InChI is InChI=1S/C27H27NO3/c1-6-30-25-16-21(20-9-13-23(29-5)14-10-20)15-24(26-18(3)31-19(4)27(25)26)28-22-11-7-17(2)8-12-22/h7-16H,6H2,1-5H3. The van der Waals surface area contributed by atoms with Gasteiger partial charge in [0.1, 0.15) is 23.0 Å². The van der Waals surface area contributed by atoms with Crippen molar-refractivity contribution in [1.82, 2.24) is 0 Å². The summed E-state index contributed by atoms with van der Waals surface area (Å²) in [5, 5.41) is 2.79. The van der Waals surface area contributed by atoms with Crippen molar-refractivity contribution in [2.24, 2.45) is 4.99 Å². The van der Waals surface area contributed by atoms with Gasteiger partial charge in [0, 0.05) is 0 Å². The van der Waals surface area contributed by atoms with E-state index in [0.717, 1.165) is 56.0 Å². The lowest BCUT2D eigenvalue weighted by Gasteiger charge is -2.05. The van der Waals surface area contributed by atoms with E-state index in [9.17, 15) is 0 Å². The summed E-state index contributed by atoms with van der Waals surface area (Å²) in [4.78, 5) is 5.01. The van der Waals surface area contributed by atoms with Crippen molar-refractivity contribution in [2.75, 3.05) is 13.7 Å². The van der Waals surface area contributed by atoms with E-state index in [1.807, 2.05) is 57.2 Å². The fraction of sp³-hybridized carbons (Fsp3) is 0.222. The summed E-state index contributed by atoms with van der Waals surface area (Å²) in [6, 6.07) is 20.4. The van der Waals surface area contributed by atoms with E-state index in [4.69, 9.17) is 18.9 Å². The molecule has 158 valence electrons. The lowest BCUT2D eigenvalue weighted by Crippen LogP contribution is -2.00. The van der Waals surface area contributed by atoms with Gasteiger partial charge in [-0.2, -0.15) is 0 Å². The smallest absolute Gasteiger partial charge is 0.131 e. The predicted molar refractivity (Wildman–Crippen MR) is 125 cm³/mol. The van der Waals surface area contributed by atoms with E-state index in [1.165, 1.54) is 5.56 Å². The summed E-state index contributed by atoms with van der Waals surface area (Å²) < 4.78 is 17.4. The van der Waals surface area contributed by atoms with Crippen molar-refractivity contribution in [3.05, 3.63) is 83.1 Å². The monoisotopic (exact) mass is 413 g/mol. The van der Waals surface area contributed by atoms with E-state index in [2.05, 4.69) is 31.2 Å². The zero-order valence-electron chi connectivity index (χ0n) is 18.7. The first-order valence-electron chi connectivity index (χ1n) is 10.5. The molecule has 4 aromatic rings. The Hall–Kier alpha value is -3.53. The SMILES string of the molecule is CCOc1cc(-c2ccc(OC)cc2)cc(=Nc2ccc(C)cc2)c2c(C)oc(C)c12. The number of ether oxygens (including phenoxy) is 2. The maximum Gasteiger partial charge on any atom is 0.131 e. The van der Waals surface area contributed by atoms with Gasteiger partial charge in [-0.05, 0) is 75.2 Å². The van der Waals surface area contributed by atoms with Crippen molar-refractivity contribution in [1.29, 1.82) is 0 Å². The Morgan fingerprint density at radius 3 is 2.13 bits per heavy atom. The van der Waals surface area contributed by atoms with Crippen LogP contribution in [0.15, 0.2) is 70.1 Å². The average molecular weight is 414 g/mol. The zero-order chi connectivity index (χ0) is 22.0. The summed E-state index contributed by atoms with van der Waals surface area (Å²) in [6.45, 7) is 8.58. The Balaban J connectivity index is 2.08. The van der Waals surface area contributed by atoms with Crippen LogP contribution in [0.1, 0.15) is 24.0 Å². The highest BCUT2D eigenvalue weighted by molar-refractivity contribution is 5.93. The van der Waals surface area contributed by atoms with Gasteiger partial charge >= 0.3 is 0 Å². The molecular weight excluding hydrogens is 386 g/mol. The van der Waals surface area contributed by atoms with Crippen molar-refractivity contribution < 1.29 is 13.9 Å². The molecule has 0 bridgehead atoms. The zero-order valence-corrected chi connectivity index (χ0v) is 18.7. The van der Waals surface area contributed by atoms with E-state index in [0.29, 0.717) is 6.61 Å². The van der Waals surface area contributed by atoms with Gasteiger partial charge in [-0.25, -0.2) is 4.99 Å². The van der Waals surface area contributed by atoms with E-state index >= 15 is 0 Å². The van der Waals surface area contributed by atoms with Crippen LogP contribution in [0.3, 0.4) is 0 Å². The molecule has 4 rings (SSSR count). The van der Waals surface area contributed by atoms with Gasteiger partial charge < -0.3 is 13.9 Å². The average Bonchev–Trinajstić information content (AvgIpc) is 2.97. The first kappa shape index (κ1) is 20.7. The Kier molecular flexibility index (Phi) is 5.81. The molecular formula is C27H27NO3. The molecule has 3 aromatic carbocycles. The third-order valence-electron chi connectivity index (χ3n) is 5.35. The van der Waals surface area contributed by atoms with Gasteiger partial charge in [0.2, 0.25) is 0 Å². The normalized spacial score (nSPS) is 11.7. The molecule has 0 aliphatic heterocycles. The lowest BCUT2D eigenvalue weighted by atomic mass is 10.1. The molecule has 0 aliphatic rings. The first-order valence-corrected chi connectivity index (χ1v) is 10.5. The number of hydrogen-bond donors (Lipinski definition) is 0. The Bertz CT molecular complexity index is 1280. The molecule has 0 aliphatic carbocycles. The molecule has 0 radical (unpaired) electrons. The number of methoxy groups -OCH3 is 1. The van der Waals surface area contributed by atoms with E-state index in [-0.39, 0.29) is 0 Å². The lowest BCUT2D eigenvalue weighted by molar-refractivity contribution is 0.344. The second-order valence-electron chi connectivity index (χ2n) is 7.57. The molecule has 0 amide bonds. The first-order chi connectivity index (χ1) is 15.0. The third-order valence-corrected chi connectivity index (χ3v) is 5.35. The minimum absolute atomic E-state index is 0.565. The van der Waals surface area contributed by atoms with Crippen LogP contribution >= 0.6 is 0 Å². The molecule has 1 aromatic heterocycles. The Morgan fingerprint density at radius 2 is 1.48 bits per heavy atom. The number of rotatable bonds is 5. The molecule has 31 heavy (non-hydrogen) atoms. The highest BCUT2D eigenvalue weighted by Crippen LogP contribution is 2.34.